The number of nitrogens with zero attached hydrogens (tertiary/aromatic N) is 1. The fourth-order valence-electron chi connectivity index (χ4n) is 1.33. The van der Waals surface area contributed by atoms with Crippen LogP contribution >= 0.6 is 27.5 Å². The molecule has 0 aliphatic carbocycles. The van der Waals surface area contributed by atoms with Crippen LogP contribution in [0.4, 0.5) is 10.2 Å². The maximum Gasteiger partial charge on any atom is 0.145 e. The predicted octanol–water partition coefficient (Wildman–Crippen LogP) is 4.25. The van der Waals surface area contributed by atoms with Gasteiger partial charge < -0.3 is 5.32 Å². The van der Waals surface area contributed by atoms with Crippen molar-refractivity contribution in [3.8, 4) is 0 Å². The number of rotatable bonds is 3. The van der Waals surface area contributed by atoms with Gasteiger partial charge in [0.15, 0.2) is 0 Å². The fraction of sp³-hybridized carbons (Fsp3) is 0.0833. The molecule has 2 aromatic rings. The van der Waals surface area contributed by atoms with Gasteiger partial charge in [-0.15, -0.1) is 0 Å². The molecule has 0 saturated heterocycles. The molecule has 2 rings (SSSR count). The van der Waals surface area contributed by atoms with Crippen molar-refractivity contribution in [3.05, 3.63) is 57.4 Å². The number of aromatic nitrogens is 1. The van der Waals surface area contributed by atoms with E-state index in [0.29, 0.717) is 17.4 Å². The molecule has 0 atom stereocenters. The van der Waals surface area contributed by atoms with Gasteiger partial charge in [-0.25, -0.2) is 9.37 Å². The summed E-state index contributed by atoms with van der Waals surface area (Å²) in [7, 11) is 0. The molecule has 88 valence electrons. The van der Waals surface area contributed by atoms with Gasteiger partial charge in [-0.3, -0.25) is 0 Å². The van der Waals surface area contributed by atoms with Crippen LogP contribution in [0.2, 0.25) is 5.02 Å². The highest BCUT2D eigenvalue weighted by molar-refractivity contribution is 9.10. The van der Waals surface area contributed by atoms with E-state index < -0.39 is 0 Å². The van der Waals surface area contributed by atoms with Crippen LogP contribution in [0.25, 0.3) is 0 Å². The van der Waals surface area contributed by atoms with Gasteiger partial charge in [-0.1, -0.05) is 23.7 Å². The first-order valence-corrected chi connectivity index (χ1v) is 6.11. The van der Waals surface area contributed by atoms with Crippen molar-refractivity contribution in [3.63, 3.8) is 0 Å². The lowest BCUT2D eigenvalue weighted by molar-refractivity contribution is 0.627. The number of hydrogen-bond donors (Lipinski definition) is 1. The summed E-state index contributed by atoms with van der Waals surface area (Å²) in [6.45, 7) is 0.550. The first-order valence-electron chi connectivity index (χ1n) is 4.94. The molecule has 0 saturated carbocycles. The number of halogens is 3. The molecule has 0 fully saturated rings. The van der Waals surface area contributed by atoms with Crippen molar-refractivity contribution in [2.45, 2.75) is 6.54 Å². The summed E-state index contributed by atoms with van der Waals surface area (Å²) in [6.07, 6.45) is 1.67. The van der Waals surface area contributed by atoms with Crippen LogP contribution < -0.4 is 5.32 Å². The van der Waals surface area contributed by atoms with Gasteiger partial charge >= 0.3 is 0 Å². The van der Waals surface area contributed by atoms with E-state index in [1.54, 1.807) is 24.4 Å². The number of pyridine rings is 1. The van der Waals surface area contributed by atoms with Gasteiger partial charge in [0.1, 0.15) is 11.6 Å². The van der Waals surface area contributed by atoms with Crippen LogP contribution in [0.1, 0.15) is 5.56 Å². The quantitative estimate of drug-likeness (QED) is 0.916. The molecule has 0 unspecified atom stereocenters. The third kappa shape index (κ3) is 3.41. The molecule has 1 heterocycles. The number of benzene rings is 1. The van der Waals surface area contributed by atoms with Gasteiger partial charge in [-0.05, 0) is 39.7 Å². The van der Waals surface area contributed by atoms with Crippen LogP contribution in [0.3, 0.4) is 0 Å². The number of anilines is 1. The van der Waals surface area contributed by atoms with E-state index in [0.717, 1.165) is 10.0 Å². The first-order chi connectivity index (χ1) is 8.15. The summed E-state index contributed by atoms with van der Waals surface area (Å²) in [4.78, 5) is 4.15. The molecule has 0 aliphatic rings. The van der Waals surface area contributed by atoms with E-state index in [4.69, 9.17) is 11.6 Å². The van der Waals surface area contributed by atoms with Crippen molar-refractivity contribution in [2.24, 2.45) is 0 Å². The van der Waals surface area contributed by atoms with E-state index >= 15 is 0 Å². The van der Waals surface area contributed by atoms with Crippen molar-refractivity contribution in [2.75, 3.05) is 5.32 Å². The minimum absolute atomic E-state index is 0.242. The van der Waals surface area contributed by atoms with E-state index in [-0.39, 0.29) is 5.82 Å². The molecule has 5 heteroatoms. The summed E-state index contributed by atoms with van der Waals surface area (Å²) in [5, 5.41) is 3.63. The Morgan fingerprint density at radius 2 is 2.00 bits per heavy atom. The average Bonchev–Trinajstić information content (AvgIpc) is 2.30. The van der Waals surface area contributed by atoms with Crippen molar-refractivity contribution in [1.29, 1.82) is 0 Å². The monoisotopic (exact) mass is 314 g/mol. The lowest BCUT2D eigenvalue weighted by Crippen LogP contribution is -2.01. The summed E-state index contributed by atoms with van der Waals surface area (Å²) < 4.78 is 13.5. The third-order valence-electron chi connectivity index (χ3n) is 2.18. The standard InChI is InChI=1S/C12H9BrClFN2/c13-9-5-11(14)12(17-7-9)16-6-8-1-3-10(15)4-2-8/h1-5,7H,6H2,(H,16,17). The Hall–Kier alpha value is -1.13. The minimum Gasteiger partial charge on any atom is -0.365 e. The van der Waals surface area contributed by atoms with Crippen LogP contribution in [0.5, 0.6) is 0 Å². The summed E-state index contributed by atoms with van der Waals surface area (Å²) in [6, 6.07) is 8.05. The maximum absolute atomic E-state index is 12.7. The first kappa shape index (κ1) is 12.3. The van der Waals surface area contributed by atoms with Crippen molar-refractivity contribution >= 4 is 33.3 Å². The van der Waals surface area contributed by atoms with Crippen LogP contribution in [0.15, 0.2) is 41.0 Å². The zero-order valence-electron chi connectivity index (χ0n) is 8.75. The predicted molar refractivity (Wildman–Crippen MR) is 70.7 cm³/mol. The zero-order chi connectivity index (χ0) is 12.3. The van der Waals surface area contributed by atoms with E-state index in [1.165, 1.54) is 12.1 Å². The van der Waals surface area contributed by atoms with E-state index in [9.17, 15) is 4.39 Å². The van der Waals surface area contributed by atoms with Crippen molar-refractivity contribution < 1.29 is 4.39 Å². The molecule has 1 N–H and O–H groups in total. The molecule has 0 spiro atoms. The Balaban J connectivity index is 2.04. The second-order valence-corrected chi connectivity index (χ2v) is 4.79. The zero-order valence-corrected chi connectivity index (χ0v) is 11.1. The summed E-state index contributed by atoms with van der Waals surface area (Å²) in [5.74, 6) is 0.368. The summed E-state index contributed by atoms with van der Waals surface area (Å²) >= 11 is 9.29. The molecule has 17 heavy (non-hydrogen) atoms. The van der Waals surface area contributed by atoms with Crippen LogP contribution in [0, 0.1) is 5.82 Å². The van der Waals surface area contributed by atoms with E-state index in [1.807, 2.05) is 0 Å². The molecule has 0 bridgehead atoms. The highest BCUT2D eigenvalue weighted by Crippen LogP contribution is 2.23. The molecule has 0 radical (unpaired) electrons. The molecule has 0 amide bonds. The normalized spacial score (nSPS) is 10.3. The number of nitrogens with one attached hydrogen (secondary N) is 1. The van der Waals surface area contributed by atoms with E-state index in [2.05, 4.69) is 26.2 Å². The van der Waals surface area contributed by atoms with Gasteiger partial charge in [0.2, 0.25) is 0 Å². The minimum atomic E-state index is -0.242. The Morgan fingerprint density at radius 3 is 2.65 bits per heavy atom. The van der Waals surface area contributed by atoms with Gasteiger partial charge in [0.25, 0.3) is 0 Å². The molecular formula is C12H9BrClFN2. The number of hydrogen-bond acceptors (Lipinski definition) is 2. The summed E-state index contributed by atoms with van der Waals surface area (Å²) in [5.41, 5.74) is 0.965. The Morgan fingerprint density at radius 1 is 1.29 bits per heavy atom. The fourth-order valence-corrected chi connectivity index (χ4v) is 2.03. The largest absolute Gasteiger partial charge is 0.365 e. The molecular weight excluding hydrogens is 307 g/mol. The highest BCUT2D eigenvalue weighted by atomic mass is 79.9. The van der Waals surface area contributed by atoms with Gasteiger partial charge in [0.05, 0.1) is 5.02 Å². The molecule has 1 aromatic carbocycles. The second kappa shape index (κ2) is 5.47. The highest BCUT2D eigenvalue weighted by Gasteiger charge is 2.02. The van der Waals surface area contributed by atoms with Crippen LogP contribution in [-0.2, 0) is 6.54 Å². The Bertz CT molecular complexity index is 516. The maximum atomic E-state index is 12.7. The smallest absolute Gasteiger partial charge is 0.145 e. The SMILES string of the molecule is Fc1ccc(CNc2ncc(Br)cc2Cl)cc1. The van der Waals surface area contributed by atoms with Crippen LogP contribution in [-0.4, -0.2) is 4.98 Å². The van der Waals surface area contributed by atoms with Gasteiger partial charge in [-0.2, -0.15) is 0 Å². The molecule has 2 nitrogen and oxygen atoms in total. The third-order valence-corrected chi connectivity index (χ3v) is 2.90. The lowest BCUT2D eigenvalue weighted by Gasteiger charge is -2.07. The Labute approximate surface area is 112 Å². The molecule has 1 aromatic heterocycles. The topological polar surface area (TPSA) is 24.9 Å². The second-order valence-electron chi connectivity index (χ2n) is 3.46. The average molecular weight is 316 g/mol. The van der Waals surface area contributed by atoms with Gasteiger partial charge in [0, 0.05) is 17.2 Å². The molecule has 0 aliphatic heterocycles. The van der Waals surface area contributed by atoms with Crippen molar-refractivity contribution in [1.82, 2.24) is 4.98 Å². The lowest BCUT2D eigenvalue weighted by atomic mass is 10.2. The Kier molecular flexibility index (Phi) is 3.97.